The van der Waals surface area contributed by atoms with Gasteiger partial charge in [-0.1, -0.05) is 11.6 Å². The van der Waals surface area contributed by atoms with Crippen molar-refractivity contribution in [2.75, 3.05) is 6.54 Å². The lowest BCUT2D eigenvalue weighted by Crippen LogP contribution is -2.25. The summed E-state index contributed by atoms with van der Waals surface area (Å²) in [6, 6.07) is 0. The van der Waals surface area contributed by atoms with Crippen LogP contribution < -0.4 is 5.32 Å². The van der Waals surface area contributed by atoms with Gasteiger partial charge in [-0.05, 0) is 32.1 Å². The van der Waals surface area contributed by atoms with Crippen LogP contribution >= 0.6 is 0 Å². The van der Waals surface area contributed by atoms with Gasteiger partial charge in [0.25, 0.3) is 0 Å². The number of amides is 1. The van der Waals surface area contributed by atoms with E-state index in [4.69, 9.17) is 4.42 Å². The minimum absolute atomic E-state index is 0.0920. The summed E-state index contributed by atoms with van der Waals surface area (Å²) in [7, 11) is 0. The molecule has 1 N–H and O–H groups in total. The van der Waals surface area contributed by atoms with E-state index in [2.05, 4.69) is 16.4 Å². The highest BCUT2D eigenvalue weighted by molar-refractivity contribution is 5.76. The lowest BCUT2D eigenvalue weighted by atomic mass is 9.97. The average molecular weight is 248 g/mol. The monoisotopic (exact) mass is 248 g/mol. The molecule has 0 unspecified atom stereocenters. The zero-order chi connectivity index (χ0) is 12.6. The van der Waals surface area contributed by atoms with E-state index in [1.165, 1.54) is 37.7 Å². The molecule has 4 nitrogen and oxygen atoms in total. The first-order valence-electron chi connectivity index (χ1n) is 6.66. The molecule has 1 aliphatic rings. The van der Waals surface area contributed by atoms with Gasteiger partial charge in [0.05, 0.1) is 5.69 Å². The Morgan fingerprint density at radius 1 is 1.39 bits per heavy atom. The van der Waals surface area contributed by atoms with Gasteiger partial charge in [0.15, 0.2) is 6.39 Å². The second-order valence-corrected chi connectivity index (χ2v) is 4.69. The normalized spacial score (nSPS) is 15.2. The Kier molecular flexibility index (Phi) is 5.00. The first-order valence-corrected chi connectivity index (χ1v) is 6.66. The lowest BCUT2D eigenvalue weighted by Gasteiger charge is -2.12. The van der Waals surface area contributed by atoms with Crippen LogP contribution in [0.15, 0.2) is 28.7 Å². The van der Waals surface area contributed by atoms with E-state index in [0.717, 1.165) is 18.7 Å². The molecule has 1 aromatic rings. The van der Waals surface area contributed by atoms with E-state index in [9.17, 15) is 4.79 Å². The van der Waals surface area contributed by atoms with Gasteiger partial charge in [0.2, 0.25) is 5.91 Å². The fourth-order valence-electron chi connectivity index (χ4n) is 2.19. The molecule has 1 aromatic heterocycles. The molecule has 0 bridgehead atoms. The Labute approximate surface area is 107 Å². The second kappa shape index (κ2) is 6.99. The van der Waals surface area contributed by atoms with Crippen LogP contribution in [-0.2, 0) is 11.2 Å². The van der Waals surface area contributed by atoms with Gasteiger partial charge in [0.1, 0.15) is 6.26 Å². The summed E-state index contributed by atoms with van der Waals surface area (Å²) in [5.41, 5.74) is 2.33. The predicted molar refractivity (Wildman–Crippen MR) is 69.0 cm³/mol. The van der Waals surface area contributed by atoms with Crippen molar-refractivity contribution in [1.29, 1.82) is 0 Å². The van der Waals surface area contributed by atoms with E-state index in [1.807, 2.05) is 0 Å². The van der Waals surface area contributed by atoms with Crippen LogP contribution in [0.3, 0.4) is 0 Å². The summed E-state index contributed by atoms with van der Waals surface area (Å²) in [4.78, 5) is 15.6. The number of nitrogens with one attached hydrogen (secondary N) is 1. The number of oxazole rings is 1. The van der Waals surface area contributed by atoms with Crippen LogP contribution in [0.1, 0.15) is 44.2 Å². The van der Waals surface area contributed by atoms with Gasteiger partial charge in [-0.25, -0.2) is 4.98 Å². The number of hydrogen-bond donors (Lipinski definition) is 1. The molecule has 18 heavy (non-hydrogen) atoms. The molecule has 0 aliphatic heterocycles. The summed E-state index contributed by atoms with van der Waals surface area (Å²) in [6.07, 6.45) is 12.4. The molecule has 98 valence electrons. The Balaban J connectivity index is 1.58. The van der Waals surface area contributed by atoms with Crippen molar-refractivity contribution in [2.45, 2.75) is 44.9 Å². The average Bonchev–Trinajstić information content (AvgIpc) is 2.91. The van der Waals surface area contributed by atoms with Gasteiger partial charge in [-0.15, -0.1) is 0 Å². The number of carbonyl (C=O) groups excluding carboxylic acids is 1. The van der Waals surface area contributed by atoms with Crippen molar-refractivity contribution < 1.29 is 9.21 Å². The summed E-state index contributed by atoms with van der Waals surface area (Å²) >= 11 is 0. The molecule has 4 heteroatoms. The Hall–Kier alpha value is -1.58. The number of aryl methyl sites for hydroxylation is 1. The van der Waals surface area contributed by atoms with Crippen molar-refractivity contribution in [1.82, 2.24) is 10.3 Å². The molecule has 0 spiro atoms. The van der Waals surface area contributed by atoms with Crippen LogP contribution in [0.2, 0.25) is 0 Å². The zero-order valence-corrected chi connectivity index (χ0v) is 10.7. The maximum Gasteiger partial charge on any atom is 0.220 e. The molecule has 0 aromatic carbocycles. The highest BCUT2D eigenvalue weighted by atomic mass is 16.3. The molecule has 0 atom stereocenters. The highest BCUT2D eigenvalue weighted by Crippen LogP contribution is 2.19. The molecule has 1 aliphatic carbocycles. The fraction of sp³-hybridized carbons (Fsp3) is 0.571. The highest BCUT2D eigenvalue weighted by Gasteiger charge is 2.06. The zero-order valence-electron chi connectivity index (χ0n) is 10.7. The van der Waals surface area contributed by atoms with E-state index in [-0.39, 0.29) is 5.91 Å². The first-order chi connectivity index (χ1) is 8.84. The van der Waals surface area contributed by atoms with E-state index in [1.54, 1.807) is 6.26 Å². The molecule has 0 saturated heterocycles. The quantitative estimate of drug-likeness (QED) is 0.787. The van der Waals surface area contributed by atoms with Crippen molar-refractivity contribution in [3.05, 3.63) is 30.0 Å². The van der Waals surface area contributed by atoms with Gasteiger partial charge >= 0.3 is 0 Å². The number of carbonyl (C=O) groups is 1. The smallest absolute Gasteiger partial charge is 0.220 e. The Morgan fingerprint density at radius 2 is 2.33 bits per heavy atom. The number of allylic oxidation sites excluding steroid dienone is 1. The van der Waals surface area contributed by atoms with Gasteiger partial charge in [-0.3, -0.25) is 4.79 Å². The number of aromatic nitrogens is 1. The number of nitrogens with zero attached hydrogens (tertiary/aromatic N) is 1. The number of hydrogen-bond acceptors (Lipinski definition) is 3. The molecular formula is C14H20N2O2. The Morgan fingerprint density at radius 3 is 3.06 bits per heavy atom. The third-order valence-electron chi connectivity index (χ3n) is 3.24. The molecule has 1 amide bonds. The summed E-state index contributed by atoms with van der Waals surface area (Å²) in [5.74, 6) is 0.0920. The third-order valence-corrected chi connectivity index (χ3v) is 3.24. The summed E-state index contributed by atoms with van der Waals surface area (Å²) in [6.45, 7) is 0.753. The molecular weight excluding hydrogens is 228 g/mol. The fourth-order valence-corrected chi connectivity index (χ4v) is 2.19. The Bertz CT molecular complexity index is 396. The lowest BCUT2D eigenvalue weighted by molar-refractivity contribution is -0.121. The van der Waals surface area contributed by atoms with Crippen LogP contribution in [-0.4, -0.2) is 17.4 Å². The van der Waals surface area contributed by atoms with Crippen molar-refractivity contribution in [3.63, 3.8) is 0 Å². The van der Waals surface area contributed by atoms with Crippen LogP contribution in [0.4, 0.5) is 0 Å². The van der Waals surface area contributed by atoms with E-state index in [0.29, 0.717) is 12.8 Å². The van der Waals surface area contributed by atoms with Crippen LogP contribution in [0.5, 0.6) is 0 Å². The molecule has 0 saturated carbocycles. The predicted octanol–water partition coefficient (Wildman–Crippen LogP) is 2.61. The topological polar surface area (TPSA) is 55.1 Å². The summed E-state index contributed by atoms with van der Waals surface area (Å²) < 4.78 is 4.86. The van der Waals surface area contributed by atoms with Crippen LogP contribution in [0, 0.1) is 0 Å². The molecule has 2 rings (SSSR count). The van der Waals surface area contributed by atoms with Crippen molar-refractivity contribution in [3.8, 4) is 0 Å². The summed E-state index contributed by atoms with van der Waals surface area (Å²) in [5, 5.41) is 2.95. The number of rotatable bonds is 6. The van der Waals surface area contributed by atoms with Crippen molar-refractivity contribution >= 4 is 5.91 Å². The minimum atomic E-state index is 0.0920. The second-order valence-electron chi connectivity index (χ2n) is 4.69. The minimum Gasteiger partial charge on any atom is -0.451 e. The van der Waals surface area contributed by atoms with Gasteiger partial charge in [-0.2, -0.15) is 0 Å². The maximum atomic E-state index is 11.6. The third kappa shape index (κ3) is 4.35. The largest absolute Gasteiger partial charge is 0.451 e. The molecule has 1 heterocycles. The SMILES string of the molecule is O=C(CCc1cocn1)NCCC1=CCCCC1. The first kappa shape index (κ1) is 12.9. The maximum absolute atomic E-state index is 11.6. The van der Waals surface area contributed by atoms with E-state index < -0.39 is 0 Å². The standard InChI is InChI=1S/C14H20N2O2/c17-14(7-6-13-10-18-11-16-13)15-9-8-12-4-2-1-3-5-12/h4,10-11H,1-3,5-9H2,(H,15,17). The van der Waals surface area contributed by atoms with E-state index >= 15 is 0 Å². The molecule has 0 fully saturated rings. The van der Waals surface area contributed by atoms with Gasteiger partial charge in [0, 0.05) is 19.4 Å². The molecule has 0 radical (unpaired) electrons. The van der Waals surface area contributed by atoms with Crippen molar-refractivity contribution in [2.24, 2.45) is 0 Å². The van der Waals surface area contributed by atoms with Gasteiger partial charge < -0.3 is 9.73 Å². The van der Waals surface area contributed by atoms with Crippen LogP contribution in [0.25, 0.3) is 0 Å².